The largest absolute Gasteiger partial charge is 0.498 e. The van der Waals surface area contributed by atoms with Gasteiger partial charge in [-0.2, -0.15) is 0 Å². The molecule has 96 valence electrons. The summed E-state index contributed by atoms with van der Waals surface area (Å²) in [6.45, 7) is 6.06. The lowest BCUT2D eigenvalue weighted by Crippen LogP contribution is -1.90. The molecule has 0 saturated heterocycles. The average Bonchev–Trinajstić information content (AvgIpc) is 2.31. The maximum absolute atomic E-state index is 5.30. The van der Waals surface area contributed by atoms with Crippen LogP contribution in [0, 0.1) is 0 Å². The summed E-state index contributed by atoms with van der Waals surface area (Å²) >= 11 is 0. The lowest BCUT2D eigenvalue weighted by atomic mass is 10.2. The van der Waals surface area contributed by atoms with Crippen molar-refractivity contribution in [2.75, 3.05) is 13.2 Å². The molecule has 0 heterocycles. The standard InChI is InChI=1S/C14H28O2/c1-3-5-7-9-11-15-13-14-16-12-10-8-6-4-2/h13-14H,3-12H2,1-2H3. The summed E-state index contributed by atoms with van der Waals surface area (Å²) in [5.41, 5.74) is 0. The van der Waals surface area contributed by atoms with Gasteiger partial charge in [0.25, 0.3) is 0 Å². The molecule has 0 aliphatic carbocycles. The molecule has 0 saturated carbocycles. The van der Waals surface area contributed by atoms with Crippen LogP contribution in [0.15, 0.2) is 12.5 Å². The normalized spacial score (nSPS) is 10.9. The van der Waals surface area contributed by atoms with Crippen LogP contribution in [0.2, 0.25) is 0 Å². The summed E-state index contributed by atoms with van der Waals surface area (Å²) in [6.07, 6.45) is 13.3. The Morgan fingerprint density at radius 3 is 1.44 bits per heavy atom. The molecule has 0 N–H and O–H groups in total. The first kappa shape index (κ1) is 15.3. The van der Waals surface area contributed by atoms with Crippen LogP contribution in [0.3, 0.4) is 0 Å². The van der Waals surface area contributed by atoms with E-state index in [2.05, 4.69) is 13.8 Å². The predicted octanol–water partition coefficient (Wildman–Crippen LogP) is 4.65. The number of rotatable bonds is 12. The molecule has 0 fully saturated rings. The molecule has 0 rings (SSSR count). The molecule has 2 heteroatoms. The highest BCUT2D eigenvalue weighted by atomic mass is 16.5. The van der Waals surface area contributed by atoms with Crippen LogP contribution < -0.4 is 0 Å². The van der Waals surface area contributed by atoms with Crippen molar-refractivity contribution in [1.29, 1.82) is 0 Å². The van der Waals surface area contributed by atoms with E-state index in [1.165, 1.54) is 38.5 Å². The van der Waals surface area contributed by atoms with Gasteiger partial charge in [0.1, 0.15) is 12.5 Å². The van der Waals surface area contributed by atoms with Gasteiger partial charge in [-0.1, -0.05) is 52.4 Å². The highest BCUT2D eigenvalue weighted by Crippen LogP contribution is 2.00. The molecule has 0 radical (unpaired) electrons. The van der Waals surface area contributed by atoms with Gasteiger partial charge in [-0.3, -0.25) is 0 Å². The highest BCUT2D eigenvalue weighted by molar-refractivity contribution is 4.61. The summed E-state index contributed by atoms with van der Waals surface area (Å²) in [5, 5.41) is 0. The molecule has 16 heavy (non-hydrogen) atoms. The van der Waals surface area contributed by atoms with Crippen LogP contribution >= 0.6 is 0 Å². The summed E-state index contributed by atoms with van der Waals surface area (Å²) in [5.74, 6) is 0. The Morgan fingerprint density at radius 2 is 1.06 bits per heavy atom. The van der Waals surface area contributed by atoms with Crippen LogP contribution in [0.1, 0.15) is 65.2 Å². The van der Waals surface area contributed by atoms with Gasteiger partial charge >= 0.3 is 0 Å². The van der Waals surface area contributed by atoms with Crippen molar-refractivity contribution in [1.82, 2.24) is 0 Å². The van der Waals surface area contributed by atoms with Gasteiger partial charge in [-0.25, -0.2) is 0 Å². The van der Waals surface area contributed by atoms with Gasteiger partial charge in [-0.05, 0) is 12.8 Å². The van der Waals surface area contributed by atoms with Gasteiger partial charge in [0.15, 0.2) is 0 Å². The van der Waals surface area contributed by atoms with Crippen LogP contribution in [0.25, 0.3) is 0 Å². The summed E-state index contributed by atoms with van der Waals surface area (Å²) in [7, 11) is 0. The Bertz CT molecular complexity index is 128. The zero-order valence-electron chi connectivity index (χ0n) is 11.0. The Hall–Kier alpha value is -0.660. The lowest BCUT2D eigenvalue weighted by Gasteiger charge is -2.01. The molecule has 0 aromatic carbocycles. The van der Waals surface area contributed by atoms with E-state index in [4.69, 9.17) is 9.47 Å². The first-order chi connectivity index (χ1) is 7.91. The van der Waals surface area contributed by atoms with Gasteiger partial charge < -0.3 is 9.47 Å². The molecular weight excluding hydrogens is 200 g/mol. The maximum Gasteiger partial charge on any atom is 0.117 e. The Balaban J connectivity index is 2.98. The zero-order valence-corrected chi connectivity index (χ0v) is 11.0. The van der Waals surface area contributed by atoms with E-state index in [9.17, 15) is 0 Å². The number of hydrogen-bond acceptors (Lipinski definition) is 2. The maximum atomic E-state index is 5.30. The minimum Gasteiger partial charge on any atom is -0.498 e. The number of hydrogen-bond donors (Lipinski definition) is 0. The molecule has 0 aromatic rings. The van der Waals surface area contributed by atoms with Gasteiger partial charge in [0.2, 0.25) is 0 Å². The predicted molar refractivity (Wildman–Crippen MR) is 69.3 cm³/mol. The quantitative estimate of drug-likeness (QED) is 0.357. The molecule has 0 aromatic heterocycles. The van der Waals surface area contributed by atoms with Crippen LogP contribution in [0.4, 0.5) is 0 Å². The Kier molecular flexibility index (Phi) is 13.7. The minimum absolute atomic E-state index is 0.815. The second kappa shape index (κ2) is 14.3. The summed E-state index contributed by atoms with van der Waals surface area (Å²) < 4.78 is 10.6. The third-order valence-corrected chi connectivity index (χ3v) is 2.48. The molecule has 0 bridgehead atoms. The van der Waals surface area contributed by atoms with Crippen molar-refractivity contribution >= 4 is 0 Å². The van der Waals surface area contributed by atoms with Gasteiger partial charge in [0, 0.05) is 0 Å². The van der Waals surface area contributed by atoms with E-state index in [0.717, 1.165) is 26.1 Å². The van der Waals surface area contributed by atoms with E-state index in [1.807, 2.05) is 0 Å². The SMILES string of the molecule is CCCCCCOC=COCCCCCC. The Labute approximate surface area is 101 Å². The van der Waals surface area contributed by atoms with E-state index >= 15 is 0 Å². The van der Waals surface area contributed by atoms with Gasteiger partial charge in [-0.15, -0.1) is 0 Å². The fourth-order valence-corrected chi connectivity index (χ4v) is 1.44. The van der Waals surface area contributed by atoms with Crippen molar-refractivity contribution in [3.8, 4) is 0 Å². The molecule has 0 aliphatic rings. The van der Waals surface area contributed by atoms with Crippen molar-refractivity contribution in [3.05, 3.63) is 12.5 Å². The fraction of sp³-hybridized carbons (Fsp3) is 0.857. The van der Waals surface area contributed by atoms with E-state index in [1.54, 1.807) is 12.5 Å². The second-order valence-electron chi connectivity index (χ2n) is 4.14. The molecular formula is C14H28O2. The average molecular weight is 228 g/mol. The fourth-order valence-electron chi connectivity index (χ4n) is 1.44. The monoisotopic (exact) mass is 228 g/mol. The molecule has 0 unspecified atom stereocenters. The second-order valence-corrected chi connectivity index (χ2v) is 4.14. The number of unbranched alkanes of at least 4 members (excludes halogenated alkanes) is 6. The smallest absolute Gasteiger partial charge is 0.117 e. The van der Waals surface area contributed by atoms with Crippen LogP contribution in [-0.2, 0) is 9.47 Å². The highest BCUT2D eigenvalue weighted by Gasteiger charge is 1.87. The number of ether oxygens (including phenoxy) is 2. The molecule has 0 amide bonds. The topological polar surface area (TPSA) is 18.5 Å². The van der Waals surface area contributed by atoms with Crippen LogP contribution in [-0.4, -0.2) is 13.2 Å². The summed E-state index contributed by atoms with van der Waals surface area (Å²) in [4.78, 5) is 0. The zero-order chi connectivity index (χ0) is 11.9. The van der Waals surface area contributed by atoms with Crippen molar-refractivity contribution in [2.24, 2.45) is 0 Å². The third kappa shape index (κ3) is 13.3. The van der Waals surface area contributed by atoms with Gasteiger partial charge in [0.05, 0.1) is 13.2 Å². The summed E-state index contributed by atoms with van der Waals surface area (Å²) in [6, 6.07) is 0. The van der Waals surface area contributed by atoms with Crippen LogP contribution in [0.5, 0.6) is 0 Å². The lowest BCUT2D eigenvalue weighted by molar-refractivity contribution is 0.197. The minimum atomic E-state index is 0.815. The first-order valence-corrected chi connectivity index (χ1v) is 6.80. The third-order valence-electron chi connectivity index (χ3n) is 2.48. The van der Waals surface area contributed by atoms with E-state index in [-0.39, 0.29) is 0 Å². The van der Waals surface area contributed by atoms with Crippen molar-refractivity contribution in [3.63, 3.8) is 0 Å². The first-order valence-electron chi connectivity index (χ1n) is 6.80. The Morgan fingerprint density at radius 1 is 0.625 bits per heavy atom. The molecule has 0 aliphatic heterocycles. The molecule has 0 atom stereocenters. The van der Waals surface area contributed by atoms with Crippen molar-refractivity contribution < 1.29 is 9.47 Å². The van der Waals surface area contributed by atoms with E-state index in [0.29, 0.717) is 0 Å². The molecule has 0 spiro atoms. The van der Waals surface area contributed by atoms with Crippen molar-refractivity contribution in [2.45, 2.75) is 65.2 Å². The van der Waals surface area contributed by atoms with E-state index < -0.39 is 0 Å². The molecule has 2 nitrogen and oxygen atoms in total.